The summed E-state index contributed by atoms with van der Waals surface area (Å²) >= 11 is 0. The third kappa shape index (κ3) is 14.3. The van der Waals surface area contributed by atoms with Crippen molar-refractivity contribution in [3.8, 4) is 5.75 Å². The number of hydrogen-bond donors (Lipinski definition) is 1. The predicted octanol–water partition coefficient (Wildman–Crippen LogP) is 2.93. The molecular formula is C19H33NO6Si. The van der Waals surface area contributed by atoms with Crippen LogP contribution >= 0.6 is 0 Å². The summed E-state index contributed by atoms with van der Waals surface area (Å²) in [5.74, 6) is 0.640. The highest BCUT2D eigenvalue weighted by molar-refractivity contribution is 6.69. The van der Waals surface area contributed by atoms with Gasteiger partial charge in [0.15, 0.2) is 8.32 Å². The number of carbonyl (C=O) groups excluding carboxylic acids is 1. The van der Waals surface area contributed by atoms with Crippen molar-refractivity contribution in [2.24, 2.45) is 0 Å². The van der Waals surface area contributed by atoms with Crippen LogP contribution in [-0.4, -0.2) is 67.1 Å². The number of anilines is 1. The largest absolute Gasteiger partial charge is 0.491 e. The zero-order chi connectivity index (χ0) is 20.0. The van der Waals surface area contributed by atoms with Gasteiger partial charge in [-0.2, -0.15) is 0 Å². The molecule has 0 unspecified atom stereocenters. The zero-order valence-corrected chi connectivity index (χ0v) is 17.9. The van der Waals surface area contributed by atoms with Crippen LogP contribution in [0.4, 0.5) is 5.69 Å². The van der Waals surface area contributed by atoms with Crippen molar-refractivity contribution in [3.63, 3.8) is 0 Å². The Balaban J connectivity index is 1.88. The van der Waals surface area contributed by atoms with Crippen molar-refractivity contribution in [1.82, 2.24) is 0 Å². The highest BCUT2D eigenvalue weighted by Gasteiger charge is 2.12. The van der Waals surface area contributed by atoms with Crippen molar-refractivity contribution < 1.29 is 28.2 Å². The van der Waals surface area contributed by atoms with Gasteiger partial charge in [0, 0.05) is 12.6 Å². The van der Waals surface area contributed by atoms with Gasteiger partial charge < -0.3 is 28.7 Å². The van der Waals surface area contributed by atoms with Crippen LogP contribution in [0.15, 0.2) is 24.3 Å². The van der Waals surface area contributed by atoms with Crippen molar-refractivity contribution in [2.45, 2.75) is 26.6 Å². The van der Waals surface area contributed by atoms with E-state index in [-0.39, 0.29) is 5.91 Å². The van der Waals surface area contributed by atoms with Gasteiger partial charge in [0.05, 0.1) is 46.2 Å². The smallest absolute Gasteiger partial charge is 0.221 e. The third-order valence-corrected chi connectivity index (χ3v) is 4.25. The van der Waals surface area contributed by atoms with Gasteiger partial charge in [0.25, 0.3) is 0 Å². The average molecular weight is 400 g/mol. The first-order valence-electron chi connectivity index (χ1n) is 9.24. The lowest BCUT2D eigenvalue weighted by atomic mass is 10.3. The molecule has 0 bridgehead atoms. The Labute approximate surface area is 163 Å². The Morgan fingerprint density at radius 2 is 1.30 bits per heavy atom. The van der Waals surface area contributed by atoms with Crippen molar-refractivity contribution in [1.29, 1.82) is 0 Å². The standard InChI is InChI=1S/C19H33NO6Si/c1-17(21)20-18-5-7-19(8-6-18)25-15-13-23-11-9-22-10-12-24-14-16-26-27(2,3)4/h5-8H,9-16H2,1-4H3,(H,20,21). The summed E-state index contributed by atoms with van der Waals surface area (Å²) in [6.45, 7) is 12.3. The molecule has 0 aromatic heterocycles. The van der Waals surface area contributed by atoms with E-state index in [0.717, 1.165) is 11.4 Å². The maximum absolute atomic E-state index is 10.9. The van der Waals surface area contributed by atoms with E-state index < -0.39 is 8.32 Å². The molecule has 154 valence electrons. The van der Waals surface area contributed by atoms with E-state index in [1.807, 2.05) is 12.1 Å². The summed E-state index contributed by atoms with van der Waals surface area (Å²) in [5.41, 5.74) is 0.746. The molecule has 8 heteroatoms. The van der Waals surface area contributed by atoms with Crippen molar-refractivity contribution >= 4 is 19.9 Å². The van der Waals surface area contributed by atoms with E-state index in [4.69, 9.17) is 23.4 Å². The number of amides is 1. The molecule has 0 aliphatic carbocycles. The fourth-order valence-electron chi connectivity index (χ4n) is 2.00. The molecule has 1 aromatic rings. The molecule has 27 heavy (non-hydrogen) atoms. The van der Waals surface area contributed by atoms with Crippen LogP contribution < -0.4 is 10.1 Å². The van der Waals surface area contributed by atoms with Crippen LogP contribution in [-0.2, 0) is 23.4 Å². The number of hydrogen-bond acceptors (Lipinski definition) is 6. The van der Waals surface area contributed by atoms with E-state index >= 15 is 0 Å². The van der Waals surface area contributed by atoms with Gasteiger partial charge >= 0.3 is 0 Å². The van der Waals surface area contributed by atoms with E-state index in [9.17, 15) is 4.79 Å². The van der Waals surface area contributed by atoms with Crippen LogP contribution in [0.5, 0.6) is 5.75 Å². The quantitative estimate of drug-likeness (QED) is 0.361. The van der Waals surface area contributed by atoms with E-state index in [2.05, 4.69) is 25.0 Å². The third-order valence-electron chi connectivity index (χ3n) is 3.18. The molecule has 0 aliphatic rings. The van der Waals surface area contributed by atoms with Gasteiger partial charge in [-0.3, -0.25) is 4.79 Å². The first kappa shape index (κ1) is 23.6. The highest BCUT2D eigenvalue weighted by Crippen LogP contribution is 2.15. The van der Waals surface area contributed by atoms with Crippen LogP contribution in [0.3, 0.4) is 0 Å². The summed E-state index contributed by atoms with van der Waals surface area (Å²) in [4.78, 5) is 10.9. The topological polar surface area (TPSA) is 75.3 Å². The summed E-state index contributed by atoms with van der Waals surface area (Å²) < 4.78 is 27.6. The first-order chi connectivity index (χ1) is 12.9. The second kappa shape index (κ2) is 13.7. The molecule has 1 rings (SSSR count). The summed E-state index contributed by atoms with van der Waals surface area (Å²) in [5, 5.41) is 2.71. The fourth-order valence-corrected chi connectivity index (χ4v) is 2.70. The minimum atomic E-state index is -1.44. The Morgan fingerprint density at radius 3 is 1.78 bits per heavy atom. The molecule has 0 atom stereocenters. The monoisotopic (exact) mass is 399 g/mol. The molecule has 1 amide bonds. The van der Waals surface area contributed by atoms with Crippen LogP contribution in [0, 0.1) is 0 Å². The van der Waals surface area contributed by atoms with Gasteiger partial charge in [-0.1, -0.05) is 0 Å². The molecule has 0 saturated carbocycles. The second-order valence-electron chi connectivity index (χ2n) is 6.85. The molecular weight excluding hydrogens is 366 g/mol. The van der Waals surface area contributed by atoms with Gasteiger partial charge in [-0.05, 0) is 43.9 Å². The Morgan fingerprint density at radius 1 is 0.815 bits per heavy atom. The fraction of sp³-hybridized carbons (Fsp3) is 0.632. The minimum Gasteiger partial charge on any atom is -0.491 e. The Bertz CT molecular complexity index is 518. The summed E-state index contributed by atoms with van der Waals surface area (Å²) in [6.07, 6.45) is 0. The van der Waals surface area contributed by atoms with Crippen LogP contribution in [0.25, 0.3) is 0 Å². The number of benzene rings is 1. The normalized spacial score (nSPS) is 11.4. The van der Waals surface area contributed by atoms with Crippen molar-refractivity contribution in [2.75, 3.05) is 58.2 Å². The molecule has 0 fully saturated rings. The molecule has 7 nitrogen and oxygen atoms in total. The number of ether oxygens (including phenoxy) is 4. The summed E-state index contributed by atoms with van der Waals surface area (Å²) in [7, 11) is -1.44. The minimum absolute atomic E-state index is 0.0955. The Hall–Kier alpha value is -1.45. The molecule has 0 spiro atoms. The zero-order valence-electron chi connectivity index (χ0n) is 16.9. The molecule has 0 heterocycles. The van der Waals surface area contributed by atoms with Crippen LogP contribution in [0.2, 0.25) is 19.6 Å². The maximum atomic E-state index is 10.9. The second-order valence-corrected chi connectivity index (χ2v) is 11.4. The molecule has 1 aromatic carbocycles. The molecule has 1 N–H and O–H groups in total. The van der Waals surface area contributed by atoms with Gasteiger partial charge in [0.1, 0.15) is 12.4 Å². The molecule has 0 aliphatic heterocycles. The number of carbonyl (C=O) groups is 1. The van der Waals surface area contributed by atoms with Gasteiger partial charge in [-0.25, -0.2) is 0 Å². The number of nitrogens with one attached hydrogen (secondary N) is 1. The average Bonchev–Trinajstić information content (AvgIpc) is 2.59. The predicted molar refractivity (Wildman–Crippen MR) is 108 cm³/mol. The lowest BCUT2D eigenvalue weighted by molar-refractivity contribution is -0.114. The van der Waals surface area contributed by atoms with Crippen LogP contribution in [0.1, 0.15) is 6.92 Å². The van der Waals surface area contributed by atoms with Crippen molar-refractivity contribution in [3.05, 3.63) is 24.3 Å². The SMILES string of the molecule is CC(=O)Nc1ccc(OCCOCCOCCOCCO[Si](C)(C)C)cc1. The van der Waals surface area contributed by atoms with Gasteiger partial charge in [-0.15, -0.1) is 0 Å². The highest BCUT2D eigenvalue weighted by atomic mass is 28.4. The maximum Gasteiger partial charge on any atom is 0.221 e. The van der Waals surface area contributed by atoms with Gasteiger partial charge in [0.2, 0.25) is 5.91 Å². The number of rotatable bonds is 15. The molecule has 0 saturated heterocycles. The lowest BCUT2D eigenvalue weighted by Crippen LogP contribution is -2.27. The van der Waals surface area contributed by atoms with E-state index in [1.165, 1.54) is 6.92 Å². The summed E-state index contributed by atoms with van der Waals surface area (Å²) in [6, 6.07) is 7.21. The first-order valence-corrected chi connectivity index (χ1v) is 12.7. The molecule has 0 radical (unpaired) electrons. The van der Waals surface area contributed by atoms with E-state index in [1.54, 1.807) is 12.1 Å². The van der Waals surface area contributed by atoms with E-state index in [0.29, 0.717) is 52.9 Å². The lowest BCUT2D eigenvalue weighted by Gasteiger charge is -2.16. The Kier molecular flexibility index (Phi) is 11.9.